The SMILES string of the molecule is CC(CO)N(C)C(=O)c1ccc2cc(-c3n[nH]c4c3CCC(C)(CN=[N+]=[N-])C4)[nH]c2c1. The van der Waals surface area contributed by atoms with Crippen LogP contribution in [0, 0.1) is 5.41 Å². The molecule has 2 atom stereocenters. The second-order valence-corrected chi connectivity index (χ2v) is 8.84. The number of hydrogen-bond acceptors (Lipinski definition) is 4. The third kappa shape index (κ3) is 3.89. The second-order valence-electron chi connectivity index (χ2n) is 8.84. The maximum absolute atomic E-state index is 12.7. The fraction of sp³-hybridized carbons (Fsp3) is 0.455. The third-order valence-corrected chi connectivity index (χ3v) is 6.42. The van der Waals surface area contributed by atoms with E-state index in [9.17, 15) is 9.90 Å². The van der Waals surface area contributed by atoms with E-state index in [-0.39, 0.29) is 24.0 Å². The molecule has 0 saturated carbocycles. The molecule has 2 aromatic heterocycles. The van der Waals surface area contributed by atoms with E-state index in [4.69, 9.17) is 5.53 Å². The molecule has 3 aromatic rings. The first-order valence-corrected chi connectivity index (χ1v) is 10.4. The van der Waals surface area contributed by atoms with Gasteiger partial charge < -0.3 is 15.0 Å². The lowest BCUT2D eigenvalue weighted by Crippen LogP contribution is -2.37. The monoisotopic (exact) mass is 421 g/mol. The van der Waals surface area contributed by atoms with E-state index in [0.717, 1.165) is 47.2 Å². The van der Waals surface area contributed by atoms with Crippen LogP contribution in [0.5, 0.6) is 0 Å². The summed E-state index contributed by atoms with van der Waals surface area (Å²) in [4.78, 5) is 20.6. The molecule has 1 aliphatic carbocycles. The molecule has 3 N–H and O–H groups in total. The van der Waals surface area contributed by atoms with E-state index < -0.39 is 0 Å². The van der Waals surface area contributed by atoms with Gasteiger partial charge in [-0.2, -0.15) is 5.10 Å². The summed E-state index contributed by atoms with van der Waals surface area (Å²) in [5.41, 5.74) is 14.1. The molecule has 9 heteroatoms. The van der Waals surface area contributed by atoms with Gasteiger partial charge in [0.15, 0.2) is 0 Å². The number of azide groups is 1. The first kappa shape index (κ1) is 21.0. The number of aromatic amines is 2. The van der Waals surface area contributed by atoms with Gasteiger partial charge in [-0.15, -0.1) is 0 Å². The summed E-state index contributed by atoms with van der Waals surface area (Å²) >= 11 is 0. The molecule has 0 spiro atoms. The summed E-state index contributed by atoms with van der Waals surface area (Å²) in [5, 5.41) is 21.8. The molecule has 9 nitrogen and oxygen atoms in total. The quantitative estimate of drug-likeness (QED) is 0.317. The molecular weight excluding hydrogens is 394 g/mol. The Morgan fingerprint density at radius 3 is 3.00 bits per heavy atom. The van der Waals surface area contributed by atoms with Crippen LogP contribution < -0.4 is 0 Å². The number of amides is 1. The Balaban J connectivity index is 1.62. The van der Waals surface area contributed by atoms with Gasteiger partial charge in [-0.05, 0) is 55.3 Å². The molecule has 1 aromatic carbocycles. The Hall–Kier alpha value is -3.29. The Morgan fingerprint density at radius 1 is 1.45 bits per heavy atom. The Bertz CT molecular complexity index is 1170. The number of benzene rings is 1. The summed E-state index contributed by atoms with van der Waals surface area (Å²) in [6.07, 6.45) is 2.59. The van der Waals surface area contributed by atoms with E-state index in [2.05, 4.69) is 32.1 Å². The van der Waals surface area contributed by atoms with Gasteiger partial charge >= 0.3 is 0 Å². The molecule has 0 bridgehead atoms. The van der Waals surface area contributed by atoms with Crippen molar-refractivity contribution in [3.63, 3.8) is 0 Å². The Kier molecular flexibility index (Phi) is 5.47. The van der Waals surface area contributed by atoms with Crippen LogP contribution in [0.25, 0.3) is 32.7 Å². The van der Waals surface area contributed by atoms with Crippen LogP contribution in [0.2, 0.25) is 0 Å². The van der Waals surface area contributed by atoms with Gasteiger partial charge in [-0.3, -0.25) is 9.89 Å². The minimum Gasteiger partial charge on any atom is -0.394 e. The molecular formula is C22H27N7O2. The first-order valence-electron chi connectivity index (χ1n) is 10.4. The lowest BCUT2D eigenvalue weighted by molar-refractivity contribution is 0.0682. The molecule has 31 heavy (non-hydrogen) atoms. The van der Waals surface area contributed by atoms with Gasteiger partial charge in [-0.25, -0.2) is 0 Å². The minimum absolute atomic E-state index is 0.0590. The van der Waals surface area contributed by atoms with E-state index >= 15 is 0 Å². The lowest BCUT2D eigenvalue weighted by Gasteiger charge is -2.31. The molecule has 2 unspecified atom stereocenters. The number of fused-ring (bicyclic) bond motifs is 2. The van der Waals surface area contributed by atoms with Gasteiger partial charge in [0.05, 0.1) is 18.3 Å². The minimum atomic E-state index is -0.248. The molecule has 0 aliphatic heterocycles. The molecule has 0 radical (unpaired) electrons. The summed E-state index contributed by atoms with van der Waals surface area (Å²) in [7, 11) is 1.69. The summed E-state index contributed by atoms with van der Waals surface area (Å²) in [5.74, 6) is -0.129. The number of nitrogens with zero attached hydrogens (tertiary/aromatic N) is 5. The molecule has 162 valence electrons. The average Bonchev–Trinajstić information content (AvgIpc) is 3.38. The van der Waals surface area contributed by atoms with Crippen molar-refractivity contribution < 1.29 is 9.90 Å². The predicted octanol–water partition coefficient (Wildman–Crippen LogP) is 3.82. The van der Waals surface area contributed by atoms with Crippen LogP contribution in [-0.2, 0) is 12.8 Å². The maximum atomic E-state index is 12.7. The van der Waals surface area contributed by atoms with Crippen molar-refractivity contribution in [1.82, 2.24) is 20.1 Å². The maximum Gasteiger partial charge on any atom is 0.253 e. The van der Waals surface area contributed by atoms with Crippen LogP contribution in [0.15, 0.2) is 29.4 Å². The zero-order valence-electron chi connectivity index (χ0n) is 18.0. The summed E-state index contributed by atoms with van der Waals surface area (Å²) in [6, 6.07) is 7.38. The van der Waals surface area contributed by atoms with Gasteiger partial charge in [0.2, 0.25) is 0 Å². The number of aliphatic hydroxyl groups is 1. The van der Waals surface area contributed by atoms with Crippen molar-refractivity contribution >= 4 is 16.8 Å². The Morgan fingerprint density at radius 2 is 2.26 bits per heavy atom. The van der Waals surface area contributed by atoms with Crippen LogP contribution in [0.3, 0.4) is 0 Å². The van der Waals surface area contributed by atoms with Gasteiger partial charge in [-0.1, -0.05) is 18.1 Å². The lowest BCUT2D eigenvalue weighted by atomic mass is 9.74. The standard InChI is InChI=1S/C22H27N7O2/c1-13(11-30)29(3)21(31)15-5-4-14-8-18(25-17(14)9-15)20-16-6-7-22(2,12-24-28-23)10-19(16)26-27-20/h4-5,8-9,13,25,30H,6-7,10-12H2,1-3H3,(H,26,27). The highest BCUT2D eigenvalue weighted by molar-refractivity contribution is 5.98. The fourth-order valence-corrected chi connectivity index (χ4v) is 4.23. The highest BCUT2D eigenvalue weighted by Crippen LogP contribution is 2.39. The first-order chi connectivity index (χ1) is 14.8. The van der Waals surface area contributed by atoms with Crippen LogP contribution in [-0.4, -0.2) is 57.3 Å². The van der Waals surface area contributed by atoms with Crippen molar-refractivity contribution in [2.75, 3.05) is 20.2 Å². The van der Waals surface area contributed by atoms with E-state index in [1.807, 2.05) is 31.2 Å². The van der Waals surface area contributed by atoms with Crippen molar-refractivity contribution in [2.45, 2.75) is 39.2 Å². The summed E-state index contributed by atoms with van der Waals surface area (Å²) in [6.45, 7) is 4.34. The number of likely N-dealkylation sites (N-methyl/N-ethyl adjacent to an activating group) is 1. The number of aromatic nitrogens is 3. The topological polar surface area (TPSA) is 134 Å². The number of carbonyl (C=O) groups is 1. The molecule has 1 aliphatic rings. The van der Waals surface area contributed by atoms with Gasteiger partial charge in [0.25, 0.3) is 5.91 Å². The molecule has 1 amide bonds. The van der Waals surface area contributed by atoms with Gasteiger partial charge in [0, 0.05) is 46.2 Å². The van der Waals surface area contributed by atoms with Crippen LogP contribution >= 0.6 is 0 Å². The molecule has 2 heterocycles. The van der Waals surface area contributed by atoms with Crippen molar-refractivity contribution in [3.8, 4) is 11.4 Å². The van der Waals surface area contributed by atoms with E-state index in [0.29, 0.717) is 12.1 Å². The molecule has 4 rings (SSSR count). The number of rotatable bonds is 6. The predicted molar refractivity (Wildman–Crippen MR) is 119 cm³/mol. The molecule has 0 saturated heterocycles. The van der Waals surface area contributed by atoms with Crippen LogP contribution in [0.1, 0.15) is 41.9 Å². The number of hydrogen-bond donors (Lipinski definition) is 3. The number of carbonyl (C=O) groups excluding carboxylic acids is 1. The molecule has 0 fully saturated rings. The highest BCUT2D eigenvalue weighted by atomic mass is 16.3. The normalized spacial score (nSPS) is 19.0. The van der Waals surface area contributed by atoms with Crippen molar-refractivity contribution in [2.24, 2.45) is 10.5 Å². The smallest absolute Gasteiger partial charge is 0.253 e. The zero-order valence-corrected chi connectivity index (χ0v) is 18.0. The van der Waals surface area contributed by atoms with Crippen LogP contribution in [0.4, 0.5) is 0 Å². The Labute approximate surface area is 180 Å². The summed E-state index contributed by atoms with van der Waals surface area (Å²) < 4.78 is 0. The fourth-order valence-electron chi connectivity index (χ4n) is 4.23. The second kappa shape index (κ2) is 8.09. The third-order valence-electron chi connectivity index (χ3n) is 6.42. The largest absolute Gasteiger partial charge is 0.394 e. The highest BCUT2D eigenvalue weighted by Gasteiger charge is 2.32. The zero-order chi connectivity index (χ0) is 22.2. The van der Waals surface area contributed by atoms with Gasteiger partial charge in [0.1, 0.15) is 5.69 Å². The van der Waals surface area contributed by atoms with Crippen molar-refractivity contribution in [1.29, 1.82) is 0 Å². The van der Waals surface area contributed by atoms with E-state index in [1.165, 1.54) is 5.56 Å². The number of H-pyrrole nitrogens is 2. The van der Waals surface area contributed by atoms with E-state index in [1.54, 1.807) is 11.9 Å². The number of aliphatic hydroxyl groups excluding tert-OH is 1. The average molecular weight is 422 g/mol. The van der Waals surface area contributed by atoms with Crippen molar-refractivity contribution in [3.05, 3.63) is 51.5 Å². The number of nitrogens with one attached hydrogen (secondary N) is 2.